The minimum Gasteiger partial charge on any atom is -0.341 e. The lowest BCUT2D eigenvalue weighted by Crippen LogP contribution is -2.68. The second-order valence-corrected chi connectivity index (χ2v) is 2.96. The van der Waals surface area contributed by atoms with Gasteiger partial charge in [0.15, 0.2) is 0 Å². The van der Waals surface area contributed by atoms with Crippen molar-refractivity contribution in [1.82, 2.24) is 10.6 Å². The first-order chi connectivity index (χ1) is 7.02. The van der Waals surface area contributed by atoms with Gasteiger partial charge in [0.2, 0.25) is 5.54 Å². The SMILES string of the molecule is CCC(NC(=O)NC)(C(F)(F)F)C(F)(F)F. The Morgan fingerprint density at radius 3 is 1.62 bits per heavy atom. The largest absolute Gasteiger partial charge is 0.420 e. The number of nitrogens with one attached hydrogen (secondary N) is 2. The highest BCUT2D eigenvalue weighted by Gasteiger charge is 2.70. The van der Waals surface area contributed by atoms with Crippen LogP contribution in [0.4, 0.5) is 31.1 Å². The van der Waals surface area contributed by atoms with Gasteiger partial charge in [0.1, 0.15) is 0 Å². The van der Waals surface area contributed by atoms with Crippen molar-refractivity contribution < 1.29 is 31.1 Å². The molecule has 0 aliphatic rings. The minimum atomic E-state index is -5.62. The number of carbonyl (C=O) groups excluding carboxylic acids is 1. The molecule has 9 heteroatoms. The highest BCUT2D eigenvalue weighted by molar-refractivity contribution is 5.74. The fourth-order valence-corrected chi connectivity index (χ4v) is 1.05. The lowest BCUT2D eigenvalue weighted by molar-refractivity contribution is -0.304. The summed E-state index contributed by atoms with van der Waals surface area (Å²) in [6.07, 6.45) is -12.6. The molecule has 0 saturated carbocycles. The molecule has 0 atom stereocenters. The van der Waals surface area contributed by atoms with Gasteiger partial charge in [-0.3, -0.25) is 0 Å². The van der Waals surface area contributed by atoms with Gasteiger partial charge in [-0.15, -0.1) is 0 Å². The van der Waals surface area contributed by atoms with E-state index >= 15 is 0 Å². The van der Waals surface area contributed by atoms with Gasteiger partial charge in [0.25, 0.3) is 0 Å². The van der Waals surface area contributed by atoms with E-state index in [2.05, 4.69) is 0 Å². The summed E-state index contributed by atoms with van der Waals surface area (Å²) >= 11 is 0. The van der Waals surface area contributed by atoms with Crippen molar-refractivity contribution in [3.05, 3.63) is 0 Å². The van der Waals surface area contributed by atoms with Crippen molar-refractivity contribution in [3.8, 4) is 0 Å². The molecule has 0 rings (SSSR count). The molecule has 0 saturated heterocycles. The van der Waals surface area contributed by atoms with Gasteiger partial charge in [-0.05, 0) is 6.42 Å². The molecule has 2 amide bonds. The Morgan fingerprint density at radius 1 is 1.06 bits per heavy atom. The van der Waals surface area contributed by atoms with Gasteiger partial charge in [-0.25, -0.2) is 4.79 Å². The number of urea groups is 1. The maximum atomic E-state index is 12.4. The van der Waals surface area contributed by atoms with Crippen molar-refractivity contribution in [2.45, 2.75) is 31.2 Å². The first-order valence-electron chi connectivity index (χ1n) is 4.15. The fourth-order valence-electron chi connectivity index (χ4n) is 1.05. The average molecular weight is 252 g/mol. The van der Waals surface area contributed by atoms with Gasteiger partial charge >= 0.3 is 18.4 Å². The normalized spacial score (nSPS) is 13.5. The fraction of sp³-hybridized carbons (Fsp3) is 0.857. The maximum absolute atomic E-state index is 12.4. The van der Waals surface area contributed by atoms with Crippen LogP contribution in [0.15, 0.2) is 0 Å². The lowest BCUT2D eigenvalue weighted by Gasteiger charge is -2.36. The summed E-state index contributed by atoms with van der Waals surface area (Å²) in [6.45, 7) is 0.691. The van der Waals surface area contributed by atoms with Crippen LogP contribution in [-0.4, -0.2) is 31.0 Å². The van der Waals surface area contributed by atoms with Crippen LogP contribution in [0.25, 0.3) is 0 Å². The second-order valence-electron chi connectivity index (χ2n) is 2.96. The molecular weight excluding hydrogens is 242 g/mol. The molecule has 0 bridgehead atoms. The summed E-state index contributed by atoms with van der Waals surface area (Å²) in [6, 6.07) is -1.54. The molecule has 0 aromatic heterocycles. The van der Waals surface area contributed by atoms with Crippen molar-refractivity contribution in [3.63, 3.8) is 0 Å². The molecule has 2 N–H and O–H groups in total. The van der Waals surface area contributed by atoms with Gasteiger partial charge in [0, 0.05) is 7.05 Å². The molecular formula is C7H10F6N2O. The summed E-state index contributed by atoms with van der Waals surface area (Å²) in [4.78, 5) is 10.7. The van der Waals surface area contributed by atoms with E-state index in [1.165, 1.54) is 0 Å². The Kier molecular flexibility index (Phi) is 4.07. The number of halogens is 6. The lowest BCUT2D eigenvalue weighted by atomic mass is 9.94. The highest BCUT2D eigenvalue weighted by Crippen LogP contribution is 2.45. The number of hydrogen-bond donors (Lipinski definition) is 2. The van der Waals surface area contributed by atoms with Crippen LogP contribution < -0.4 is 10.6 Å². The Morgan fingerprint density at radius 2 is 1.44 bits per heavy atom. The van der Waals surface area contributed by atoms with Crippen LogP contribution in [0.3, 0.4) is 0 Å². The molecule has 96 valence electrons. The van der Waals surface area contributed by atoms with Crippen LogP contribution in [0.5, 0.6) is 0 Å². The molecule has 0 unspecified atom stereocenters. The van der Waals surface area contributed by atoms with Crippen LogP contribution in [0, 0.1) is 0 Å². The van der Waals surface area contributed by atoms with Crippen molar-refractivity contribution in [2.24, 2.45) is 0 Å². The number of rotatable bonds is 2. The molecule has 0 spiro atoms. The van der Waals surface area contributed by atoms with E-state index in [1.807, 2.05) is 0 Å². The summed E-state index contributed by atoms with van der Waals surface area (Å²) in [5, 5.41) is 2.56. The standard InChI is InChI=1S/C7H10F6N2O/c1-3-5(6(8,9)10,7(11,12)13)15-4(16)14-2/h3H2,1-2H3,(H2,14,15,16). The first-order valence-corrected chi connectivity index (χ1v) is 4.15. The Labute approximate surface area is 87.2 Å². The quantitative estimate of drug-likeness (QED) is 0.727. The molecule has 0 fully saturated rings. The van der Waals surface area contributed by atoms with E-state index in [-0.39, 0.29) is 0 Å². The number of hydrogen-bond acceptors (Lipinski definition) is 1. The third kappa shape index (κ3) is 2.50. The first kappa shape index (κ1) is 14.8. The van der Waals surface area contributed by atoms with Crippen LogP contribution >= 0.6 is 0 Å². The van der Waals surface area contributed by atoms with Gasteiger partial charge in [-0.2, -0.15) is 26.3 Å². The monoisotopic (exact) mass is 252 g/mol. The topological polar surface area (TPSA) is 41.1 Å². The van der Waals surface area contributed by atoms with Crippen LogP contribution in [-0.2, 0) is 0 Å². The number of alkyl halides is 6. The molecule has 16 heavy (non-hydrogen) atoms. The third-order valence-corrected chi connectivity index (χ3v) is 2.05. The van der Waals surface area contributed by atoms with Gasteiger partial charge in [-0.1, -0.05) is 6.92 Å². The molecule has 0 heterocycles. The molecule has 3 nitrogen and oxygen atoms in total. The van der Waals surface area contributed by atoms with E-state index < -0.39 is 30.3 Å². The van der Waals surface area contributed by atoms with E-state index in [1.54, 1.807) is 5.32 Å². The maximum Gasteiger partial charge on any atom is 0.420 e. The Hall–Kier alpha value is -1.15. The van der Waals surface area contributed by atoms with E-state index in [0.717, 1.165) is 12.4 Å². The second kappa shape index (κ2) is 4.38. The Balaban J connectivity index is 5.40. The van der Waals surface area contributed by atoms with Crippen molar-refractivity contribution in [1.29, 1.82) is 0 Å². The number of carbonyl (C=O) groups is 1. The minimum absolute atomic E-state index is 0.691. The summed E-state index contributed by atoms with van der Waals surface area (Å²) in [7, 11) is 0.919. The molecule has 0 aliphatic heterocycles. The van der Waals surface area contributed by atoms with Gasteiger partial charge in [0.05, 0.1) is 0 Å². The predicted octanol–water partition coefficient (Wildman–Crippen LogP) is 2.19. The zero-order chi connectivity index (χ0) is 13.2. The zero-order valence-corrected chi connectivity index (χ0v) is 8.38. The Bertz CT molecular complexity index is 245. The summed E-state index contributed by atoms with van der Waals surface area (Å²) < 4.78 is 74.4. The summed E-state index contributed by atoms with van der Waals surface area (Å²) in [5.74, 6) is 0. The molecule has 0 radical (unpaired) electrons. The predicted molar refractivity (Wildman–Crippen MR) is 42.7 cm³/mol. The molecule has 0 aliphatic carbocycles. The van der Waals surface area contributed by atoms with Gasteiger partial charge < -0.3 is 10.6 Å². The molecule has 0 aromatic carbocycles. The summed E-state index contributed by atoms with van der Waals surface area (Å²) in [5.41, 5.74) is -4.22. The van der Waals surface area contributed by atoms with E-state index in [9.17, 15) is 31.1 Å². The van der Waals surface area contributed by atoms with Crippen molar-refractivity contribution in [2.75, 3.05) is 7.05 Å². The van der Waals surface area contributed by atoms with Crippen LogP contribution in [0.2, 0.25) is 0 Å². The van der Waals surface area contributed by atoms with E-state index in [4.69, 9.17) is 0 Å². The zero-order valence-electron chi connectivity index (χ0n) is 8.38. The highest BCUT2D eigenvalue weighted by atomic mass is 19.4. The van der Waals surface area contributed by atoms with E-state index in [0.29, 0.717) is 6.92 Å². The van der Waals surface area contributed by atoms with Crippen LogP contribution in [0.1, 0.15) is 13.3 Å². The number of amides is 2. The molecule has 0 aromatic rings. The third-order valence-electron chi connectivity index (χ3n) is 2.05. The smallest absolute Gasteiger partial charge is 0.341 e. The average Bonchev–Trinajstić information content (AvgIpc) is 2.09. The van der Waals surface area contributed by atoms with Crippen molar-refractivity contribution >= 4 is 6.03 Å².